The molecule has 1 heterocycles. The second-order valence-corrected chi connectivity index (χ2v) is 6.72. The molecule has 2 aromatic carbocycles. The van der Waals surface area contributed by atoms with Crippen LogP contribution in [0.15, 0.2) is 77.2 Å². The zero-order chi connectivity index (χ0) is 13.5. The van der Waals surface area contributed by atoms with E-state index in [9.17, 15) is 0 Å². The molecule has 0 fully saturated rings. The van der Waals surface area contributed by atoms with Crippen LogP contribution >= 0.6 is 11.8 Å². The fraction of sp³-hybridized carbons (Fsp3) is 0.158. The Bertz CT molecular complexity index is 710. The van der Waals surface area contributed by atoms with E-state index in [4.69, 9.17) is 0 Å². The van der Waals surface area contributed by atoms with Gasteiger partial charge in [0.05, 0.1) is 0 Å². The molecule has 0 saturated carbocycles. The Labute approximate surface area is 124 Å². The zero-order valence-corrected chi connectivity index (χ0v) is 12.2. The summed E-state index contributed by atoms with van der Waals surface area (Å²) in [5, 5.41) is 0.584. The van der Waals surface area contributed by atoms with Gasteiger partial charge in [-0.1, -0.05) is 60.2 Å². The van der Waals surface area contributed by atoms with Gasteiger partial charge in [0.2, 0.25) is 0 Å². The summed E-state index contributed by atoms with van der Waals surface area (Å²) in [4.78, 5) is 1.44. The molecule has 0 nitrogen and oxygen atoms in total. The van der Waals surface area contributed by atoms with Gasteiger partial charge in [0.25, 0.3) is 0 Å². The molecule has 0 saturated heterocycles. The Morgan fingerprint density at radius 3 is 2.65 bits per heavy atom. The van der Waals surface area contributed by atoms with E-state index in [0.717, 1.165) is 0 Å². The van der Waals surface area contributed by atoms with Crippen LogP contribution in [0.5, 0.6) is 0 Å². The molecule has 2 unspecified atom stereocenters. The summed E-state index contributed by atoms with van der Waals surface area (Å²) in [7, 11) is 0. The molecule has 0 N–H and O–H groups in total. The molecule has 0 radical (unpaired) electrons. The Morgan fingerprint density at radius 1 is 0.950 bits per heavy atom. The predicted molar refractivity (Wildman–Crippen MR) is 87.2 cm³/mol. The molecule has 2 aliphatic rings. The van der Waals surface area contributed by atoms with Crippen molar-refractivity contribution in [1.29, 1.82) is 0 Å². The van der Waals surface area contributed by atoms with Crippen LogP contribution in [-0.2, 0) is 0 Å². The van der Waals surface area contributed by atoms with Gasteiger partial charge in [0.1, 0.15) is 0 Å². The number of fused-ring (bicyclic) bond motifs is 3. The second-order valence-electron chi connectivity index (χ2n) is 5.50. The number of hydrogen-bond acceptors (Lipinski definition) is 1. The Kier molecular flexibility index (Phi) is 2.82. The summed E-state index contributed by atoms with van der Waals surface area (Å²) in [5.41, 5.74) is 5.50. The highest BCUT2D eigenvalue weighted by molar-refractivity contribution is 8.00. The fourth-order valence-corrected chi connectivity index (χ4v) is 4.48. The zero-order valence-electron chi connectivity index (χ0n) is 11.4. The predicted octanol–water partition coefficient (Wildman–Crippen LogP) is 5.43. The largest absolute Gasteiger partial charge is 0.117 e. The summed E-state index contributed by atoms with van der Waals surface area (Å²) >= 11 is 2.00. The van der Waals surface area contributed by atoms with Crippen molar-refractivity contribution in [3.05, 3.63) is 77.9 Å². The summed E-state index contributed by atoms with van der Waals surface area (Å²) < 4.78 is 0. The van der Waals surface area contributed by atoms with Crippen LogP contribution in [0.4, 0.5) is 0 Å². The van der Waals surface area contributed by atoms with Crippen molar-refractivity contribution < 1.29 is 0 Å². The van der Waals surface area contributed by atoms with Crippen LogP contribution in [0.3, 0.4) is 0 Å². The minimum absolute atomic E-state index is 0.544. The van der Waals surface area contributed by atoms with Gasteiger partial charge in [-0.25, -0.2) is 0 Å². The number of hydrogen-bond donors (Lipinski definition) is 0. The Balaban J connectivity index is 1.77. The molecule has 1 aliphatic heterocycles. The van der Waals surface area contributed by atoms with Crippen molar-refractivity contribution in [2.45, 2.75) is 23.0 Å². The van der Waals surface area contributed by atoms with Gasteiger partial charge in [-0.3, -0.25) is 0 Å². The van der Waals surface area contributed by atoms with Crippen LogP contribution in [0, 0.1) is 0 Å². The third-order valence-electron chi connectivity index (χ3n) is 4.09. The summed E-state index contributed by atoms with van der Waals surface area (Å²) in [6, 6.07) is 17.6. The van der Waals surface area contributed by atoms with Crippen molar-refractivity contribution in [1.82, 2.24) is 0 Å². The highest BCUT2D eigenvalue weighted by Crippen LogP contribution is 2.49. The molecule has 98 valence electrons. The minimum atomic E-state index is 0.544. The molecule has 1 heteroatoms. The van der Waals surface area contributed by atoms with Gasteiger partial charge >= 0.3 is 0 Å². The lowest BCUT2D eigenvalue weighted by Crippen LogP contribution is -2.08. The lowest BCUT2D eigenvalue weighted by atomic mass is 9.89. The van der Waals surface area contributed by atoms with Crippen LogP contribution in [0.2, 0.25) is 0 Å². The van der Waals surface area contributed by atoms with E-state index in [-0.39, 0.29) is 0 Å². The maximum Gasteiger partial charge on any atom is 0.0384 e. The Morgan fingerprint density at radius 2 is 1.80 bits per heavy atom. The molecule has 0 amide bonds. The van der Waals surface area contributed by atoms with E-state index in [1.54, 1.807) is 0 Å². The van der Waals surface area contributed by atoms with Gasteiger partial charge in [0.15, 0.2) is 0 Å². The number of thioether (sulfide) groups is 1. The first-order chi connectivity index (χ1) is 9.81. The van der Waals surface area contributed by atoms with Gasteiger partial charge in [0, 0.05) is 16.1 Å². The third kappa shape index (κ3) is 1.94. The van der Waals surface area contributed by atoms with Crippen molar-refractivity contribution in [3.8, 4) is 11.1 Å². The molecule has 0 spiro atoms. The topological polar surface area (TPSA) is 0 Å². The molecule has 4 rings (SSSR count). The average molecular weight is 276 g/mol. The lowest BCUT2D eigenvalue weighted by molar-refractivity contribution is 0.872. The highest BCUT2D eigenvalue weighted by Gasteiger charge is 2.31. The maximum atomic E-state index is 2.40. The van der Waals surface area contributed by atoms with Crippen LogP contribution in [0.25, 0.3) is 11.1 Å². The SMILES string of the molecule is CC1=CC2Sc3ccc(-c4ccccc4)cc3C2C=C1. The summed E-state index contributed by atoms with van der Waals surface area (Å²) in [6.07, 6.45) is 7.02. The van der Waals surface area contributed by atoms with E-state index in [1.165, 1.54) is 27.2 Å². The molecule has 20 heavy (non-hydrogen) atoms. The monoisotopic (exact) mass is 276 g/mol. The maximum absolute atomic E-state index is 2.40. The van der Waals surface area contributed by atoms with Crippen molar-refractivity contribution in [3.63, 3.8) is 0 Å². The first-order valence-electron chi connectivity index (χ1n) is 7.04. The first-order valence-corrected chi connectivity index (χ1v) is 7.92. The highest BCUT2D eigenvalue weighted by atomic mass is 32.2. The first kappa shape index (κ1) is 12.0. The van der Waals surface area contributed by atoms with Crippen LogP contribution < -0.4 is 0 Å². The van der Waals surface area contributed by atoms with Crippen LogP contribution in [0.1, 0.15) is 18.4 Å². The van der Waals surface area contributed by atoms with Gasteiger partial charge in [-0.15, -0.1) is 11.8 Å². The van der Waals surface area contributed by atoms with Gasteiger partial charge in [-0.05, 0) is 35.7 Å². The lowest BCUT2D eigenvalue weighted by Gasteiger charge is -2.17. The van der Waals surface area contributed by atoms with Crippen molar-refractivity contribution in [2.75, 3.05) is 0 Å². The summed E-state index contributed by atoms with van der Waals surface area (Å²) in [5.74, 6) is 0.544. The van der Waals surface area contributed by atoms with E-state index >= 15 is 0 Å². The molecule has 0 bridgehead atoms. The number of allylic oxidation sites excluding steroid dienone is 3. The van der Waals surface area contributed by atoms with Crippen LogP contribution in [-0.4, -0.2) is 5.25 Å². The second kappa shape index (κ2) is 4.68. The van der Waals surface area contributed by atoms with Gasteiger partial charge < -0.3 is 0 Å². The van der Waals surface area contributed by atoms with E-state index in [0.29, 0.717) is 11.2 Å². The molecule has 2 atom stereocenters. The van der Waals surface area contributed by atoms with Gasteiger partial charge in [-0.2, -0.15) is 0 Å². The fourth-order valence-electron chi connectivity index (χ4n) is 3.04. The van der Waals surface area contributed by atoms with E-state index in [2.05, 4.69) is 73.7 Å². The molecule has 0 aromatic heterocycles. The van der Waals surface area contributed by atoms with E-state index in [1.807, 2.05) is 11.8 Å². The standard InChI is InChI=1S/C19H16S/c1-13-7-9-16-17-12-15(14-5-3-2-4-6-14)8-10-18(17)20-19(16)11-13/h2-12,16,19H,1H3. The molecular formula is C19H16S. The third-order valence-corrected chi connectivity index (χ3v) is 5.41. The summed E-state index contributed by atoms with van der Waals surface area (Å²) in [6.45, 7) is 2.19. The molecule has 1 aliphatic carbocycles. The smallest absolute Gasteiger partial charge is 0.0384 e. The van der Waals surface area contributed by atoms with Crippen molar-refractivity contribution >= 4 is 11.8 Å². The number of rotatable bonds is 1. The molecular weight excluding hydrogens is 260 g/mol. The van der Waals surface area contributed by atoms with E-state index < -0.39 is 0 Å². The Hall–Kier alpha value is -1.73. The average Bonchev–Trinajstić information content (AvgIpc) is 2.84. The normalized spacial score (nSPS) is 23.1. The quantitative estimate of drug-likeness (QED) is 0.669. The van der Waals surface area contributed by atoms with Crippen molar-refractivity contribution in [2.24, 2.45) is 0 Å². The number of benzene rings is 2. The molecule has 2 aromatic rings. The minimum Gasteiger partial charge on any atom is -0.117 e.